The standard InChI is InChI=1S/C12H20O6/c1-8(2)5-10(8,16)12(18)9(3,4)11(12,17)6(13)7(14)15/h6,13,16-18H,5H2,1-4H3,(H,14,15)/t6?,10-,11-,12-/m0/s1/i1D,3D/t6?,8?,9?,10-,11-,12-. The van der Waals surface area contributed by atoms with Crippen LogP contribution in [0.15, 0.2) is 0 Å². The fraction of sp³-hybridized carbons (Fsp3) is 0.917. The second kappa shape index (κ2) is 2.90. The number of carbonyl (C=O) groups is 1. The highest BCUT2D eigenvalue weighted by atomic mass is 16.5. The first kappa shape index (κ1) is 11.2. The van der Waals surface area contributed by atoms with Gasteiger partial charge in [0.25, 0.3) is 0 Å². The average molecular weight is 262 g/mol. The molecule has 2 saturated carbocycles. The van der Waals surface area contributed by atoms with Crippen LogP contribution < -0.4 is 0 Å². The Kier molecular flexibility index (Phi) is 1.80. The van der Waals surface area contributed by atoms with E-state index in [0.717, 1.165) is 0 Å². The summed E-state index contributed by atoms with van der Waals surface area (Å²) < 4.78 is 14.9. The Morgan fingerprint density at radius 1 is 1.28 bits per heavy atom. The number of rotatable bonds is 3. The number of hydrogen-bond donors (Lipinski definition) is 5. The summed E-state index contributed by atoms with van der Waals surface area (Å²) in [4.78, 5) is 11.0. The first-order valence-electron chi connectivity index (χ1n) is 7.01. The third-order valence-electron chi connectivity index (χ3n) is 4.88. The lowest BCUT2D eigenvalue weighted by atomic mass is 9.93. The number of aliphatic carboxylic acids is 1. The van der Waals surface area contributed by atoms with Crippen molar-refractivity contribution in [1.82, 2.24) is 0 Å². The van der Waals surface area contributed by atoms with Crippen molar-refractivity contribution in [3.63, 3.8) is 0 Å². The molecule has 0 spiro atoms. The smallest absolute Gasteiger partial charge is 0.335 e. The Morgan fingerprint density at radius 3 is 2.17 bits per heavy atom. The van der Waals surface area contributed by atoms with Crippen LogP contribution in [0.4, 0.5) is 0 Å². The van der Waals surface area contributed by atoms with Gasteiger partial charge in [-0.1, -0.05) is 27.6 Å². The van der Waals surface area contributed by atoms with Gasteiger partial charge >= 0.3 is 5.97 Å². The largest absolute Gasteiger partial charge is 0.479 e. The van der Waals surface area contributed by atoms with Crippen LogP contribution in [0.5, 0.6) is 0 Å². The summed E-state index contributed by atoms with van der Waals surface area (Å²) in [5.41, 5.74) is -9.42. The second-order valence-electron chi connectivity index (χ2n) is 6.15. The van der Waals surface area contributed by atoms with Crippen LogP contribution >= 0.6 is 0 Å². The number of hydrogen-bond acceptors (Lipinski definition) is 5. The lowest BCUT2D eigenvalue weighted by Crippen LogP contribution is -2.50. The summed E-state index contributed by atoms with van der Waals surface area (Å²) in [7, 11) is 0. The molecule has 0 aromatic heterocycles. The maximum atomic E-state index is 11.0. The molecule has 2 rings (SSSR count). The van der Waals surface area contributed by atoms with Crippen molar-refractivity contribution in [3.05, 3.63) is 0 Å². The third kappa shape index (κ3) is 0.989. The zero-order valence-corrected chi connectivity index (χ0v) is 10.3. The second-order valence-corrected chi connectivity index (χ2v) is 6.15. The molecule has 6 atom stereocenters. The quantitative estimate of drug-likeness (QED) is 0.449. The Labute approximate surface area is 108 Å². The minimum Gasteiger partial charge on any atom is -0.479 e. The van der Waals surface area contributed by atoms with E-state index in [9.17, 15) is 25.2 Å². The highest BCUT2D eigenvalue weighted by Crippen LogP contribution is 2.79. The number of carboxylic acid groups (broad SMARTS) is 1. The lowest BCUT2D eigenvalue weighted by Gasteiger charge is -2.26. The molecule has 0 saturated heterocycles. The van der Waals surface area contributed by atoms with E-state index in [4.69, 9.17) is 7.85 Å². The molecule has 0 bridgehead atoms. The van der Waals surface area contributed by atoms with Crippen LogP contribution in [0.1, 0.15) is 36.8 Å². The molecule has 2 aliphatic carbocycles. The predicted molar refractivity (Wildman–Crippen MR) is 60.7 cm³/mol. The van der Waals surface area contributed by atoms with E-state index >= 15 is 0 Å². The van der Waals surface area contributed by atoms with Crippen LogP contribution in [0, 0.1) is 10.8 Å². The van der Waals surface area contributed by atoms with Crippen LogP contribution in [-0.4, -0.2) is 54.4 Å². The summed E-state index contributed by atoms with van der Waals surface area (Å²) in [6.07, 6.45) is -2.31. The minimum atomic E-state index is -2.52. The van der Waals surface area contributed by atoms with Crippen molar-refractivity contribution in [1.29, 1.82) is 0 Å². The van der Waals surface area contributed by atoms with Gasteiger partial charge in [0.2, 0.25) is 0 Å². The van der Waals surface area contributed by atoms with Gasteiger partial charge < -0.3 is 25.5 Å². The van der Waals surface area contributed by atoms with Gasteiger partial charge in [0, 0.05) is 8.16 Å². The van der Waals surface area contributed by atoms with Crippen molar-refractivity contribution in [2.75, 3.05) is 0 Å². The summed E-state index contributed by atoms with van der Waals surface area (Å²) in [5, 5.41) is 50.4. The van der Waals surface area contributed by atoms with Crippen LogP contribution in [0.3, 0.4) is 0 Å². The van der Waals surface area contributed by atoms with Gasteiger partial charge in [0.15, 0.2) is 6.10 Å². The van der Waals surface area contributed by atoms with E-state index in [1.165, 1.54) is 13.8 Å². The zero-order valence-electron chi connectivity index (χ0n) is 12.3. The maximum absolute atomic E-state index is 11.0. The fourth-order valence-electron chi connectivity index (χ4n) is 3.31. The van der Waals surface area contributed by atoms with E-state index in [0.29, 0.717) is 0 Å². The van der Waals surface area contributed by atoms with Crippen molar-refractivity contribution in [2.45, 2.75) is 57.0 Å². The molecule has 104 valence electrons. The topological polar surface area (TPSA) is 118 Å². The van der Waals surface area contributed by atoms with E-state index in [1.54, 1.807) is 0 Å². The van der Waals surface area contributed by atoms with Crippen molar-refractivity contribution >= 4 is 5.97 Å². The molecule has 0 heterocycles. The number of aliphatic hydroxyl groups is 4. The fourth-order valence-corrected chi connectivity index (χ4v) is 3.31. The van der Waals surface area contributed by atoms with Crippen molar-refractivity contribution in [3.8, 4) is 0 Å². The molecule has 0 aromatic rings. The van der Waals surface area contributed by atoms with Gasteiger partial charge in [-0.05, 0) is 11.8 Å². The molecule has 18 heavy (non-hydrogen) atoms. The van der Waals surface area contributed by atoms with Gasteiger partial charge in [-0.25, -0.2) is 4.79 Å². The number of aliphatic hydroxyl groups excluding tert-OH is 1. The molecule has 0 aliphatic heterocycles. The van der Waals surface area contributed by atoms with E-state index in [2.05, 4.69) is 0 Å². The normalized spacial score (nSPS) is 61.7. The summed E-state index contributed by atoms with van der Waals surface area (Å²) >= 11 is 0. The summed E-state index contributed by atoms with van der Waals surface area (Å²) in [5.74, 6) is -1.74. The molecular weight excluding hydrogens is 240 g/mol. The maximum Gasteiger partial charge on any atom is 0.335 e. The average Bonchev–Trinajstić information content (AvgIpc) is 3.12. The Bertz CT molecular complexity index is 475. The molecular formula is C12H20O6. The Hall–Kier alpha value is -0.690. The molecule has 0 amide bonds. The van der Waals surface area contributed by atoms with Gasteiger partial charge in [-0.15, -0.1) is 0 Å². The minimum absolute atomic E-state index is 0.00421. The monoisotopic (exact) mass is 262 g/mol. The van der Waals surface area contributed by atoms with Crippen molar-refractivity contribution < 1.29 is 33.1 Å². The van der Waals surface area contributed by atoms with Crippen LogP contribution in [0.2, 0.25) is 0 Å². The summed E-state index contributed by atoms with van der Waals surface area (Å²) in [6.45, 7) is 2.00. The van der Waals surface area contributed by atoms with Crippen LogP contribution in [-0.2, 0) is 4.79 Å². The summed E-state index contributed by atoms with van der Waals surface area (Å²) in [6, 6.07) is 0. The molecule has 6 heteroatoms. The Morgan fingerprint density at radius 2 is 1.83 bits per heavy atom. The van der Waals surface area contributed by atoms with Gasteiger partial charge in [-0.2, -0.15) is 0 Å². The predicted octanol–water partition coefficient (Wildman–Crippen LogP) is -0.905. The van der Waals surface area contributed by atoms with Crippen molar-refractivity contribution in [2.24, 2.45) is 10.8 Å². The molecule has 5 N–H and O–H groups in total. The number of carboxylic acids is 1. The lowest BCUT2D eigenvalue weighted by molar-refractivity contribution is -0.166. The van der Waals surface area contributed by atoms with E-state index in [-0.39, 0.29) is 13.3 Å². The molecule has 2 aliphatic rings. The van der Waals surface area contributed by atoms with Gasteiger partial charge in [-0.3, -0.25) is 0 Å². The van der Waals surface area contributed by atoms with Gasteiger partial charge in [0.05, 0.1) is 0 Å². The highest BCUT2D eigenvalue weighted by Gasteiger charge is 2.97. The molecule has 0 aromatic carbocycles. The third-order valence-corrected chi connectivity index (χ3v) is 4.88. The zero-order chi connectivity index (χ0) is 15.8. The van der Waals surface area contributed by atoms with Crippen LogP contribution in [0.25, 0.3) is 0 Å². The van der Waals surface area contributed by atoms with E-state index < -0.39 is 46.6 Å². The first-order chi connectivity index (χ1) is 8.93. The van der Waals surface area contributed by atoms with Gasteiger partial charge in [0.1, 0.15) is 16.8 Å². The van der Waals surface area contributed by atoms with E-state index in [1.807, 2.05) is 0 Å². The highest BCUT2D eigenvalue weighted by molar-refractivity contribution is 5.77. The molecule has 6 nitrogen and oxygen atoms in total. The first-order valence-corrected chi connectivity index (χ1v) is 5.60. The Balaban J connectivity index is 2.49. The molecule has 0 radical (unpaired) electrons. The molecule has 2 fully saturated rings. The SMILES string of the molecule is [2H]CC1(C)C[C@@]1(O)[C@@]1(O)C(C)(C[2H])[C@@]1(O)C(O)C(=O)O. The molecule has 3 unspecified atom stereocenters.